The number of aromatic nitrogens is 3. The van der Waals surface area contributed by atoms with Gasteiger partial charge in [0.2, 0.25) is 5.91 Å². The highest BCUT2D eigenvalue weighted by Crippen LogP contribution is 2.24. The first-order valence-electron chi connectivity index (χ1n) is 8.27. The van der Waals surface area contributed by atoms with E-state index in [9.17, 15) is 4.79 Å². The summed E-state index contributed by atoms with van der Waals surface area (Å²) in [6.45, 7) is 8.64. The molecule has 1 unspecified atom stereocenters. The van der Waals surface area contributed by atoms with E-state index in [1.54, 1.807) is 6.20 Å². The van der Waals surface area contributed by atoms with Crippen LogP contribution in [0.25, 0.3) is 11.4 Å². The summed E-state index contributed by atoms with van der Waals surface area (Å²) >= 11 is 0. The highest BCUT2D eigenvalue weighted by atomic mass is 16.2. The number of rotatable bonds is 4. The van der Waals surface area contributed by atoms with Crippen molar-refractivity contribution in [2.24, 2.45) is 11.8 Å². The standard InChI is InChI=1S/C18H24N4O/c1-13(2)18(23)21-8-6-15(11-21)12-22-14(3)9-20-17(22)16-5-4-7-19-10-16/h4-5,7,9-10,13,15H,6,8,11-12H2,1-3H3. The molecule has 3 heterocycles. The summed E-state index contributed by atoms with van der Waals surface area (Å²) in [5, 5.41) is 0. The monoisotopic (exact) mass is 312 g/mol. The fourth-order valence-electron chi connectivity index (χ4n) is 3.22. The van der Waals surface area contributed by atoms with E-state index in [-0.39, 0.29) is 11.8 Å². The van der Waals surface area contributed by atoms with Crippen molar-refractivity contribution in [2.45, 2.75) is 33.7 Å². The number of pyridine rings is 1. The molecule has 2 aromatic rings. The molecule has 0 aromatic carbocycles. The largest absolute Gasteiger partial charge is 0.342 e. The first kappa shape index (κ1) is 15.7. The van der Waals surface area contributed by atoms with Crippen molar-refractivity contribution >= 4 is 5.91 Å². The van der Waals surface area contributed by atoms with Crippen molar-refractivity contribution in [3.8, 4) is 11.4 Å². The molecule has 0 bridgehead atoms. The summed E-state index contributed by atoms with van der Waals surface area (Å²) < 4.78 is 2.25. The van der Waals surface area contributed by atoms with Gasteiger partial charge in [0, 0.05) is 55.4 Å². The van der Waals surface area contributed by atoms with E-state index >= 15 is 0 Å². The number of amides is 1. The third-order valence-electron chi connectivity index (χ3n) is 4.51. The second-order valence-corrected chi connectivity index (χ2v) is 6.67. The number of carbonyl (C=O) groups excluding carboxylic acids is 1. The molecule has 122 valence electrons. The third kappa shape index (κ3) is 3.28. The van der Waals surface area contributed by atoms with Crippen LogP contribution in [-0.4, -0.2) is 38.4 Å². The van der Waals surface area contributed by atoms with E-state index in [0.29, 0.717) is 5.92 Å². The fraction of sp³-hybridized carbons (Fsp3) is 0.500. The summed E-state index contributed by atoms with van der Waals surface area (Å²) in [7, 11) is 0. The highest BCUT2D eigenvalue weighted by Gasteiger charge is 2.28. The minimum Gasteiger partial charge on any atom is -0.342 e. The lowest BCUT2D eigenvalue weighted by atomic mass is 10.1. The van der Waals surface area contributed by atoms with Crippen LogP contribution in [0.5, 0.6) is 0 Å². The predicted octanol–water partition coefficient (Wildman–Crippen LogP) is 2.76. The zero-order chi connectivity index (χ0) is 16.4. The number of likely N-dealkylation sites (tertiary alicyclic amines) is 1. The summed E-state index contributed by atoms with van der Waals surface area (Å²) in [6, 6.07) is 3.97. The van der Waals surface area contributed by atoms with Gasteiger partial charge in [0.1, 0.15) is 5.82 Å². The summed E-state index contributed by atoms with van der Waals surface area (Å²) in [6.07, 6.45) is 6.59. The van der Waals surface area contributed by atoms with Gasteiger partial charge in [0.15, 0.2) is 0 Å². The van der Waals surface area contributed by atoms with E-state index in [0.717, 1.165) is 43.1 Å². The molecule has 1 atom stereocenters. The molecule has 0 aliphatic carbocycles. The molecule has 5 nitrogen and oxygen atoms in total. The summed E-state index contributed by atoms with van der Waals surface area (Å²) in [4.78, 5) is 22.9. The molecular weight excluding hydrogens is 288 g/mol. The first-order valence-corrected chi connectivity index (χ1v) is 8.27. The molecule has 0 saturated carbocycles. The molecule has 1 aliphatic rings. The molecule has 2 aromatic heterocycles. The predicted molar refractivity (Wildman–Crippen MR) is 89.7 cm³/mol. The Kier molecular flexibility index (Phi) is 4.46. The normalized spacial score (nSPS) is 17.9. The lowest BCUT2D eigenvalue weighted by molar-refractivity contribution is -0.133. The van der Waals surface area contributed by atoms with Crippen molar-refractivity contribution in [3.05, 3.63) is 36.4 Å². The van der Waals surface area contributed by atoms with Crippen molar-refractivity contribution < 1.29 is 4.79 Å². The Hall–Kier alpha value is -2.17. The van der Waals surface area contributed by atoms with Gasteiger partial charge in [0.05, 0.1) is 0 Å². The van der Waals surface area contributed by atoms with E-state index in [2.05, 4.69) is 21.5 Å². The quantitative estimate of drug-likeness (QED) is 0.872. The van der Waals surface area contributed by atoms with Crippen LogP contribution in [0.15, 0.2) is 30.7 Å². The van der Waals surface area contributed by atoms with Crippen LogP contribution in [0.3, 0.4) is 0 Å². The second kappa shape index (κ2) is 6.52. The number of aryl methyl sites for hydroxylation is 1. The minimum absolute atomic E-state index is 0.0784. The van der Waals surface area contributed by atoms with Crippen molar-refractivity contribution in [3.63, 3.8) is 0 Å². The number of hydrogen-bond donors (Lipinski definition) is 0. The third-order valence-corrected chi connectivity index (χ3v) is 4.51. The maximum atomic E-state index is 12.1. The number of imidazole rings is 1. The van der Waals surface area contributed by atoms with Crippen molar-refractivity contribution in [1.82, 2.24) is 19.4 Å². The van der Waals surface area contributed by atoms with Crippen molar-refractivity contribution in [1.29, 1.82) is 0 Å². The van der Waals surface area contributed by atoms with Gasteiger partial charge in [0.25, 0.3) is 0 Å². The topological polar surface area (TPSA) is 51.0 Å². The molecule has 1 aliphatic heterocycles. The fourth-order valence-corrected chi connectivity index (χ4v) is 3.22. The Morgan fingerprint density at radius 2 is 2.22 bits per heavy atom. The molecule has 1 saturated heterocycles. The SMILES string of the molecule is Cc1cnc(-c2cccnc2)n1CC1CCN(C(=O)C(C)C)C1. The van der Waals surface area contributed by atoms with Crippen LogP contribution < -0.4 is 0 Å². The van der Waals surface area contributed by atoms with E-state index < -0.39 is 0 Å². The van der Waals surface area contributed by atoms with Gasteiger partial charge >= 0.3 is 0 Å². The zero-order valence-electron chi connectivity index (χ0n) is 14.1. The average molecular weight is 312 g/mol. The molecule has 23 heavy (non-hydrogen) atoms. The number of nitrogens with zero attached hydrogens (tertiary/aromatic N) is 4. The lowest BCUT2D eigenvalue weighted by Crippen LogP contribution is -2.32. The Morgan fingerprint density at radius 3 is 2.91 bits per heavy atom. The van der Waals surface area contributed by atoms with E-state index in [4.69, 9.17) is 0 Å². The van der Waals surface area contributed by atoms with Gasteiger partial charge in [-0.05, 0) is 31.4 Å². The van der Waals surface area contributed by atoms with Crippen LogP contribution in [-0.2, 0) is 11.3 Å². The smallest absolute Gasteiger partial charge is 0.225 e. The molecular formula is C18H24N4O. The first-order chi connectivity index (χ1) is 11.1. The average Bonchev–Trinajstić information content (AvgIpc) is 3.16. The van der Waals surface area contributed by atoms with E-state index in [1.807, 2.05) is 43.3 Å². The Bertz CT molecular complexity index is 678. The summed E-state index contributed by atoms with van der Waals surface area (Å²) in [5.41, 5.74) is 2.19. The number of hydrogen-bond acceptors (Lipinski definition) is 3. The second-order valence-electron chi connectivity index (χ2n) is 6.67. The highest BCUT2D eigenvalue weighted by molar-refractivity contribution is 5.78. The van der Waals surface area contributed by atoms with Gasteiger partial charge in [-0.1, -0.05) is 13.8 Å². The van der Waals surface area contributed by atoms with Gasteiger partial charge in [-0.3, -0.25) is 9.78 Å². The molecule has 1 fully saturated rings. The van der Waals surface area contributed by atoms with Crippen LogP contribution in [0.1, 0.15) is 26.0 Å². The maximum absolute atomic E-state index is 12.1. The Balaban J connectivity index is 1.75. The van der Waals surface area contributed by atoms with Crippen LogP contribution in [0.4, 0.5) is 0 Å². The number of carbonyl (C=O) groups is 1. The summed E-state index contributed by atoms with van der Waals surface area (Å²) in [5.74, 6) is 1.79. The molecule has 5 heteroatoms. The van der Waals surface area contributed by atoms with Gasteiger partial charge in [-0.25, -0.2) is 4.98 Å². The van der Waals surface area contributed by atoms with Crippen LogP contribution in [0.2, 0.25) is 0 Å². The van der Waals surface area contributed by atoms with Gasteiger partial charge in [-0.15, -0.1) is 0 Å². The maximum Gasteiger partial charge on any atom is 0.225 e. The van der Waals surface area contributed by atoms with Crippen LogP contribution in [0, 0.1) is 18.8 Å². The van der Waals surface area contributed by atoms with E-state index in [1.165, 1.54) is 0 Å². The Labute approximate surface area is 137 Å². The Morgan fingerprint density at radius 1 is 1.39 bits per heavy atom. The zero-order valence-corrected chi connectivity index (χ0v) is 14.1. The molecule has 0 N–H and O–H groups in total. The molecule has 0 radical (unpaired) electrons. The lowest BCUT2D eigenvalue weighted by Gasteiger charge is -2.19. The minimum atomic E-state index is 0.0784. The van der Waals surface area contributed by atoms with Gasteiger partial charge in [-0.2, -0.15) is 0 Å². The molecule has 1 amide bonds. The van der Waals surface area contributed by atoms with Gasteiger partial charge < -0.3 is 9.47 Å². The molecule has 3 rings (SSSR count). The molecule has 0 spiro atoms. The van der Waals surface area contributed by atoms with Crippen molar-refractivity contribution in [2.75, 3.05) is 13.1 Å². The van der Waals surface area contributed by atoms with Crippen LogP contribution >= 0.6 is 0 Å².